The van der Waals surface area contributed by atoms with Crippen LogP contribution >= 0.6 is 11.8 Å². The van der Waals surface area contributed by atoms with Crippen LogP contribution in [0.2, 0.25) is 0 Å². The number of carbonyl (C=O) groups excluding carboxylic acids is 1. The van der Waals surface area contributed by atoms with E-state index < -0.39 is 0 Å². The van der Waals surface area contributed by atoms with Crippen molar-refractivity contribution < 1.29 is 9.53 Å². The lowest BCUT2D eigenvalue weighted by Crippen LogP contribution is -2.16. The molecule has 0 bridgehead atoms. The van der Waals surface area contributed by atoms with Gasteiger partial charge in [0, 0.05) is 37.6 Å². The Morgan fingerprint density at radius 2 is 2.07 bits per heavy atom. The first-order chi connectivity index (χ1) is 13.7. The van der Waals surface area contributed by atoms with Gasteiger partial charge in [0.1, 0.15) is 21.5 Å². The van der Waals surface area contributed by atoms with Crippen LogP contribution in [0.1, 0.15) is 36.2 Å². The normalized spacial score (nSPS) is 14.2. The summed E-state index contributed by atoms with van der Waals surface area (Å²) in [6.45, 7) is 0. The van der Waals surface area contributed by atoms with Crippen molar-refractivity contribution >= 4 is 23.5 Å². The molecule has 1 fully saturated rings. The molecule has 0 aromatic carbocycles. The standard InChI is InChI=1S/C20H21N5O2S/c1-25-11-9-17(24-25)23-20(26)16-12-15(27-14-6-2-3-7-14)13-19(22-16)28-18-8-4-5-10-21-18/h4-5,8-14H,2-3,6-7H2,1H3,(H,23,24,26). The number of nitrogens with one attached hydrogen (secondary N) is 1. The molecule has 28 heavy (non-hydrogen) atoms. The fraction of sp³-hybridized carbons (Fsp3) is 0.300. The van der Waals surface area contributed by atoms with Gasteiger partial charge < -0.3 is 10.1 Å². The number of aryl methyl sites for hydroxylation is 1. The van der Waals surface area contributed by atoms with E-state index in [1.165, 1.54) is 24.6 Å². The second-order valence-electron chi connectivity index (χ2n) is 6.65. The van der Waals surface area contributed by atoms with Crippen LogP contribution in [0.5, 0.6) is 5.75 Å². The third-order valence-corrected chi connectivity index (χ3v) is 5.28. The van der Waals surface area contributed by atoms with Gasteiger partial charge in [-0.15, -0.1) is 0 Å². The summed E-state index contributed by atoms with van der Waals surface area (Å²) < 4.78 is 7.76. The number of aromatic nitrogens is 4. The number of rotatable bonds is 6. The Balaban J connectivity index is 1.59. The summed E-state index contributed by atoms with van der Waals surface area (Å²) in [5.74, 6) is 0.820. The van der Waals surface area contributed by atoms with Gasteiger partial charge in [-0.3, -0.25) is 9.48 Å². The van der Waals surface area contributed by atoms with E-state index in [-0.39, 0.29) is 12.0 Å². The van der Waals surface area contributed by atoms with Crippen molar-refractivity contribution in [1.29, 1.82) is 0 Å². The third kappa shape index (κ3) is 4.69. The topological polar surface area (TPSA) is 81.9 Å². The van der Waals surface area contributed by atoms with Crippen molar-refractivity contribution in [3.63, 3.8) is 0 Å². The van der Waals surface area contributed by atoms with Gasteiger partial charge in [-0.25, -0.2) is 9.97 Å². The molecule has 1 amide bonds. The Kier molecular flexibility index (Phi) is 5.57. The van der Waals surface area contributed by atoms with E-state index in [1.807, 2.05) is 24.3 Å². The highest BCUT2D eigenvalue weighted by atomic mass is 32.2. The average Bonchev–Trinajstić information content (AvgIpc) is 3.34. The van der Waals surface area contributed by atoms with Crippen LogP contribution in [-0.2, 0) is 7.05 Å². The minimum Gasteiger partial charge on any atom is -0.490 e. The predicted molar refractivity (Wildman–Crippen MR) is 107 cm³/mol. The van der Waals surface area contributed by atoms with Crippen LogP contribution in [0.15, 0.2) is 58.8 Å². The summed E-state index contributed by atoms with van der Waals surface area (Å²) >= 11 is 1.40. The molecule has 1 aliphatic rings. The first-order valence-corrected chi connectivity index (χ1v) is 10.1. The highest BCUT2D eigenvalue weighted by molar-refractivity contribution is 7.99. The average molecular weight is 395 g/mol. The number of anilines is 1. The first kappa shape index (κ1) is 18.5. The van der Waals surface area contributed by atoms with Gasteiger partial charge in [0.05, 0.1) is 6.10 Å². The maximum absolute atomic E-state index is 12.7. The Morgan fingerprint density at radius 1 is 1.21 bits per heavy atom. The van der Waals surface area contributed by atoms with Crippen LogP contribution in [0, 0.1) is 0 Å². The lowest BCUT2D eigenvalue weighted by molar-refractivity contribution is 0.102. The number of pyridine rings is 2. The molecule has 3 aromatic heterocycles. The van der Waals surface area contributed by atoms with Crippen molar-refractivity contribution in [1.82, 2.24) is 19.7 Å². The molecule has 0 atom stereocenters. The van der Waals surface area contributed by atoms with E-state index in [4.69, 9.17) is 4.74 Å². The molecule has 0 spiro atoms. The molecule has 1 aliphatic carbocycles. The van der Waals surface area contributed by atoms with E-state index in [0.29, 0.717) is 22.3 Å². The summed E-state index contributed by atoms with van der Waals surface area (Å²) in [7, 11) is 1.80. The Morgan fingerprint density at radius 3 is 2.79 bits per heavy atom. The van der Waals surface area contributed by atoms with Crippen molar-refractivity contribution in [2.24, 2.45) is 7.05 Å². The molecule has 3 heterocycles. The van der Waals surface area contributed by atoms with Gasteiger partial charge in [0.15, 0.2) is 5.82 Å². The fourth-order valence-electron chi connectivity index (χ4n) is 3.09. The van der Waals surface area contributed by atoms with E-state index >= 15 is 0 Å². The van der Waals surface area contributed by atoms with E-state index in [9.17, 15) is 4.79 Å². The molecule has 1 N–H and O–H groups in total. The van der Waals surface area contributed by atoms with Crippen LogP contribution in [0.3, 0.4) is 0 Å². The second kappa shape index (κ2) is 8.43. The lowest BCUT2D eigenvalue weighted by atomic mass is 10.3. The van der Waals surface area contributed by atoms with Gasteiger partial charge in [-0.2, -0.15) is 5.10 Å². The molecule has 3 aromatic rings. The predicted octanol–water partition coefficient (Wildman–Crippen LogP) is 3.94. The molecule has 8 heteroatoms. The molecule has 0 saturated heterocycles. The summed E-state index contributed by atoms with van der Waals surface area (Å²) in [5.41, 5.74) is 0.291. The smallest absolute Gasteiger partial charge is 0.275 e. The fourth-order valence-corrected chi connectivity index (χ4v) is 3.89. The largest absolute Gasteiger partial charge is 0.490 e. The zero-order valence-electron chi connectivity index (χ0n) is 15.5. The van der Waals surface area contributed by atoms with Crippen LogP contribution in [0.4, 0.5) is 5.82 Å². The van der Waals surface area contributed by atoms with Crippen molar-refractivity contribution in [2.45, 2.75) is 41.8 Å². The quantitative estimate of drug-likeness (QED) is 0.681. The van der Waals surface area contributed by atoms with Crippen LogP contribution in [-0.4, -0.2) is 31.8 Å². The summed E-state index contributed by atoms with van der Waals surface area (Å²) in [6.07, 6.45) is 8.14. The third-order valence-electron chi connectivity index (χ3n) is 4.42. The minimum atomic E-state index is -0.321. The van der Waals surface area contributed by atoms with E-state index in [1.54, 1.807) is 36.3 Å². The minimum absolute atomic E-state index is 0.196. The lowest BCUT2D eigenvalue weighted by Gasteiger charge is -2.15. The molecule has 4 rings (SSSR count). The summed E-state index contributed by atoms with van der Waals surface area (Å²) in [5, 5.41) is 8.44. The van der Waals surface area contributed by atoms with E-state index in [0.717, 1.165) is 17.9 Å². The first-order valence-electron chi connectivity index (χ1n) is 9.24. The Hall–Kier alpha value is -2.87. The zero-order chi connectivity index (χ0) is 19.3. The van der Waals surface area contributed by atoms with Gasteiger partial charge >= 0.3 is 0 Å². The SMILES string of the molecule is Cn1ccc(NC(=O)c2cc(OC3CCCC3)cc(Sc3ccccn3)n2)n1. The molecule has 0 aliphatic heterocycles. The molecule has 144 valence electrons. The van der Waals surface area contributed by atoms with Crippen molar-refractivity contribution in [2.75, 3.05) is 5.32 Å². The number of hydrogen-bond donors (Lipinski definition) is 1. The number of hydrogen-bond acceptors (Lipinski definition) is 6. The second-order valence-corrected chi connectivity index (χ2v) is 7.69. The molecule has 0 unspecified atom stereocenters. The maximum Gasteiger partial charge on any atom is 0.275 e. The van der Waals surface area contributed by atoms with Crippen LogP contribution < -0.4 is 10.1 Å². The van der Waals surface area contributed by atoms with Gasteiger partial charge in [0.25, 0.3) is 5.91 Å². The molecule has 0 radical (unpaired) electrons. The Bertz CT molecular complexity index is 954. The summed E-state index contributed by atoms with van der Waals surface area (Å²) in [4.78, 5) is 21.5. The van der Waals surface area contributed by atoms with E-state index in [2.05, 4.69) is 20.4 Å². The number of ether oxygens (including phenoxy) is 1. The van der Waals surface area contributed by atoms with Gasteiger partial charge in [-0.1, -0.05) is 6.07 Å². The molecule has 1 saturated carbocycles. The van der Waals surface area contributed by atoms with Crippen molar-refractivity contribution in [3.8, 4) is 5.75 Å². The maximum atomic E-state index is 12.7. The van der Waals surface area contributed by atoms with Crippen molar-refractivity contribution in [3.05, 3.63) is 54.5 Å². The number of carbonyl (C=O) groups is 1. The molecular weight excluding hydrogens is 374 g/mol. The molecular formula is C20H21N5O2S. The monoisotopic (exact) mass is 395 g/mol. The molecule has 7 nitrogen and oxygen atoms in total. The highest BCUT2D eigenvalue weighted by Crippen LogP contribution is 2.30. The zero-order valence-corrected chi connectivity index (χ0v) is 16.4. The van der Waals surface area contributed by atoms with Gasteiger partial charge in [0.2, 0.25) is 0 Å². The Labute approximate surface area is 167 Å². The number of amides is 1. The van der Waals surface area contributed by atoms with Crippen LogP contribution in [0.25, 0.3) is 0 Å². The van der Waals surface area contributed by atoms with Gasteiger partial charge in [-0.05, 0) is 49.6 Å². The number of nitrogens with zero attached hydrogens (tertiary/aromatic N) is 4. The summed E-state index contributed by atoms with van der Waals surface area (Å²) in [6, 6.07) is 11.0. The highest BCUT2D eigenvalue weighted by Gasteiger charge is 2.19.